The SMILES string of the molecule is O=C(COC(=O)c1cn2ccccc2n1)c1ccc(Br)cc1. The molecule has 0 radical (unpaired) electrons. The number of ether oxygens (including phenoxy) is 1. The quantitative estimate of drug-likeness (QED) is 0.531. The number of esters is 1. The van der Waals surface area contributed by atoms with Crippen LogP contribution in [0, 0.1) is 0 Å². The number of nitrogens with zero attached hydrogens (tertiary/aromatic N) is 2. The Morgan fingerprint density at radius 1 is 1.14 bits per heavy atom. The van der Waals surface area contributed by atoms with Crippen molar-refractivity contribution in [1.82, 2.24) is 9.38 Å². The largest absolute Gasteiger partial charge is 0.453 e. The van der Waals surface area contributed by atoms with Crippen LogP contribution in [0.3, 0.4) is 0 Å². The lowest BCUT2D eigenvalue weighted by Crippen LogP contribution is -2.14. The summed E-state index contributed by atoms with van der Waals surface area (Å²) in [7, 11) is 0. The van der Waals surface area contributed by atoms with Gasteiger partial charge >= 0.3 is 5.97 Å². The lowest BCUT2D eigenvalue weighted by atomic mass is 10.1. The van der Waals surface area contributed by atoms with E-state index in [-0.39, 0.29) is 18.1 Å². The van der Waals surface area contributed by atoms with Crippen LogP contribution in [0.2, 0.25) is 0 Å². The van der Waals surface area contributed by atoms with Crippen molar-refractivity contribution in [1.29, 1.82) is 0 Å². The molecule has 0 spiro atoms. The number of carbonyl (C=O) groups is 2. The van der Waals surface area contributed by atoms with Gasteiger partial charge < -0.3 is 9.14 Å². The number of aromatic nitrogens is 2. The molecule has 2 aromatic heterocycles. The average Bonchev–Trinajstić information content (AvgIpc) is 2.97. The van der Waals surface area contributed by atoms with Crippen molar-refractivity contribution in [3.05, 3.63) is 70.6 Å². The molecular weight excluding hydrogens is 348 g/mol. The zero-order valence-corrected chi connectivity index (χ0v) is 13.0. The van der Waals surface area contributed by atoms with Gasteiger partial charge in [0.15, 0.2) is 18.1 Å². The number of benzene rings is 1. The first-order chi connectivity index (χ1) is 10.6. The van der Waals surface area contributed by atoms with E-state index in [1.165, 1.54) is 0 Å². The molecule has 3 aromatic rings. The molecule has 0 N–H and O–H groups in total. The summed E-state index contributed by atoms with van der Waals surface area (Å²) in [5.74, 6) is -0.876. The minimum absolute atomic E-state index is 0.176. The number of hydrogen-bond acceptors (Lipinski definition) is 4. The highest BCUT2D eigenvalue weighted by Crippen LogP contribution is 2.11. The monoisotopic (exact) mass is 358 g/mol. The zero-order valence-electron chi connectivity index (χ0n) is 11.4. The second-order valence-electron chi connectivity index (χ2n) is 4.60. The van der Waals surface area contributed by atoms with Gasteiger partial charge in [0.2, 0.25) is 0 Å². The van der Waals surface area contributed by atoms with Gasteiger partial charge in [0.25, 0.3) is 0 Å². The molecule has 0 saturated heterocycles. The third-order valence-electron chi connectivity index (χ3n) is 3.07. The van der Waals surface area contributed by atoms with Crippen molar-refractivity contribution in [3.63, 3.8) is 0 Å². The molecule has 0 saturated carbocycles. The number of rotatable bonds is 4. The average molecular weight is 359 g/mol. The molecule has 2 heterocycles. The molecule has 5 nitrogen and oxygen atoms in total. The molecule has 1 aromatic carbocycles. The Morgan fingerprint density at radius 2 is 1.91 bits per heavy atom. The molecule has 0 fully saturated rings. The van der Waals surface area contributed by atoms with Gasteiger partial charge in [-0.2, -0.15) is 0 Å². The number of hydrogen-bond donors (Lipinski definition) is 0. The summed E-state index contributed by atoms with van der Waals surface area (Å²) < 4.78 is 7.62. The van der Waals surface area contributed by atoms with Gasteiger partial charge in [0, 0.05) is 22.4 Å². The predicted octanol–water partition coefficient (Wildman–Crippen LogP) is 3.14. The first kappa shape index (κ1) is 14.5. The van der Waals surface area contributed by atoms with E-state index in [1.807, 2.05) is 12.1 Å². The second kappa shape index (κ2) is 6.11. The van der Waals surface area contributed by atoms with Gasteiger partial charge in [-0.1, -0.05) is 34.1 Å². The highest BCUT2D eigenvalue weighted by Gasteiger charge is 2.14. The first-order valence-corrected chi connectivity index (χ1v) is 7.32. The van der Waals surface area contributed by atoms with E-state index in [0.29, 0.717) is 11.2 Å². The van der Waals surface area contributed by atoms with Crippen LogP contribution in [0.1, 0.15) is 20.8 Å². The Hall–Kier alpha value is -2.47. The fraction of sp³-hybridized carbons (Fsp3) is 0.0625. The fourth-order valence-electron chi connectivity index (χ4n) is 1.96. The van der Waals surface area contributed by atoms with Crippen LogP contribution in [0.5, 0.6) is 0 Å². The molecule has 6 heteroatoms. The lowest BCUT2D eigenvalue weighted by molar-refractivity contribution is 0.0469. The van der Waals surface area contributed by atoms with Crippen molar-refractivity contribution >= 4 is 33.3 Å². The molecule has 0 amide bonds. The van der Waals surface area contributed by atoms with Crippen LogP contribution in [-0.4, -0.2) is 27.7 Å². The minimum Gasteiger partial charge on any atom is -0.453 e. The zero-order chi connectivity index (χ0) is 15.5. The molecule has 0 aliphatic carbocycles. The number of halogens is 1. The summed E-state index contributed by atoms with van der Waals surface area (Å²) in [6.45, 7) is -0.311. The fourth-order valence-corrected chi connectivity index (χ4v) is 2.22. The van der Waals surface area contributed by atoms with Crippen LogP contribution in [0.15, 0.2) is 59.3 Å². The molecule has 0 bridgehead atoms. The number of imidazole rings is 1. The number of ketones is 1. The van der Waals surface area contributed by atoms with Crippen LogP contribution in [-0.2, 0) is 4.74 Å². The number of Topliss-reactive ketones (excluding diaryl/α,β-unsaturated/α-hetero) is 1. The minimum atomic E-state index is -0.617. The van der Waals surface area contributed by atoms with Crippen LogP contribution >= 0.6 is 15.9 Å². The third-order valence-corrected chi connectivity index (χ3v) is 3.60. The maximum absolute atomic E-state index is 11.9. The number of pyridine rings is 1. The van der Waals surface area contributed by atoms with Crippen LogP contribution in [0.25, 0.3) is 5.65 Å². The van der Waals surface area contributed by atoms with Gasteiger partial charge in [-0.25, -0.2) is 9.78 Å². The topological polar surface area (TPSA) is 60.7 Å². The van der Waals surface area contributed by atoms with E-state index in [9.17, 15) is 9.59 Å². The maximum atomic E-state index is 11.9. The van der Waals surface area contributed by atoms with E-state index in [0.717, 1.165) is 4.47 Å². The number of carbonyl (C=O) groups excluding carboxylic acids is 2. The summed E-state index contributed by atoms with van der Waals surface area (Å²) >= 11 is 3.30. The van der Waals surface area contributed by atoms with Crippen molar-refractivity contribution in [3.8, 4) is 0 Å². The molecule has 0 aliphatic rings. The second-order valence-corrected chi connectivity index (χ2v) is 5.51. The van der Waals surface area contributed by atoms with E-state index < -0.39 is 5.97 Å². The van der Waals surface area contributed by atoms with Crippen molar-refractivity contribution in [2.24, 2.45) is 0 Å². The van der Waals surface area contributed by atoms with E-state index >= 15 is 0 Å². The van der Waals surface area contributed by atoms with Gasteiger partial charge in [-0.15, -0.1) is 0 Å². The molecule has 0 aliphatic heterocycles. The van der Waals surface area contributed by atoms with Crippen LogP contribution < -0.4 is 0 Å². The molecule has 22 heavy (non-hydrogen) atoms. The van der Waals surface area contributed by atoms with Crippen molar-refractivity contribution in [2.45, 2.75) is 0 Å². The normalized spacial score (nSPS) is 10.6. The Labute approximate surface area is 134 Å². The van der Waals surface area contributed by atoms with Gasteiger partial charge in [-0.3, -0.25) is 4.79 Å². The Morgan fingerprint density at radius 3 is 2.64 bits per heavy atom. The van der Waals surface area contributed by atoms with E-state index in [2.05, 4.69) is 20.9 Å². The summed E-state index contributed by atoms with van der Waals surface area (Å²) in [5.41, 5.74) is 1.31. The van der Waals surface area contributed by atoms with Gasteiger partial charge in [0.1, 0.15) is 5.65 Å². The summed E-state index contributed by atoms with van der Waals surface area (Å²) in [6.07, 6.45) is 3.36. The number of fused-ring (bicyclic) bond motifs is 1. The maximum Gasteiger partial charge on any atom is 0.359 e. The molecule has 3 rings (SSSR count). The van der Waals surface area contributed by atoms with Crippen molar-refractivity contribution in [2.75, 3.05) is 6.61 Å². The predicted molar refractivity (Wildman–Crippen MR) is 83.9 cm³/mol. The Bertz CT molecular complexity index is 807. The summed E-state index contributed by atoms with van der Waals surface area (Å²) in [6, 6.07) is 12.3. The lowest BCUT2D eigenvalue weighted by Gasteiger charge is -2.02. The smallest absolute Gasteiger partial charge is 0.359 e. The first-order valence-electron chi connectivity index (χ1n) is 6.53. The standard InChI is InChI=1S/C16H11BrN2O3/c17-12-6-4-11(5-7-12)14(20)10-22-16(21)13-9-19-8-2-1-3-15(19)18-13/h1-9H,10H2. The van der Waals surface area contributed by atoms with E-state index in [4.69, 9.17) is 4.74 Å². The van der Waals surface area contributed by atoms with Gasteiger partial charge in [0.05, 0.1) is 0 Å². The van der Waals surface area contributed by atoms with Crippen LogP contribution in [0.4, 0.5) is 0 Å². The van der Waals surface area contributed by atoms with Crippen molar-refractivity contribution < 1.29 is 14.3 Å². The molecule has 110 valence electrons. The summed E-state index contributed by atoms with van der Waals surface area (Å²) in [4.78, 5) is 28.0. The highest BCUT2D eigenvalue weighted by atomic mass is 79.9. The van der Waals surface area contributed by atoms with E-state index in [1.54, 1.807) is 47.1 Å². The van der Waals surface area contributed by atoms with Gasteiger partial charge in [-0.05, 0) is 24.3 Å². The third kappa shape index (κ3) is 3.07. The molecule has 0 unspecified atom stereocenters. The highest BCUT2D eigenvalue weighted by molar-refractivity contribution is 9.10. The molecule has 0 atom stereocenters. The Balaban J connectivity index is 1.66. The molecular formula is C16H11BrN2O3. The Kier molecular flexibility index (Phi) is 4.02. The summed E-state index contributed by atoms with van der Waals surface area (Å²) in [5, 5.41) is 0.